The lowest BCUT2D eigenvalue weighted by molar-refractivity contribution is -0.275. The van der Waals surface area contributed by atoms with Crippen LogP contribution in [0.1, 0.15) is 69.2 Å². The van der Waals surface area contributed by atoms with Crippen molar-refractivity contribution in [2.75, 3.05) is 0 Å². The molecule has 1 fully saturated rings. The molecule has 1 saturated carbocycles. The zero-order chi connectivity index (χ0) is 23.2. The number of alkyl halides is 3. The standard InChI is InChI=1S/C25H29F3O4/c1-18(2)24(15-9-4-3-5-10-16-24)31-22-17-19(13-14-21(22)32-25(26,27)28)23(29)30-20-11-7-6-8-12-20/h6-8,11-14,17-18H,3-5,9-10,15-16H2,1-2H3. The van der Waals surface area contributed by atoms with Gasteiger partial charge in [0.1, 0.15) is 11.4 Å². The molecule has 2 aromatic rings. The predicted molar refractivity (Wildman–Crippen MR) is 115 cm³/mol. The second-order valence-corrected chi connectivity index (χ2v) is 8.50. The predicted octanol–water partition coefficient (Wildman–Crippen LogP) is 7.32. The number of halogens is 3. The van der Waals surface area contributed by atoms with Crippen molar-refractivity contribution in [3.8, 4) is 17.2 Å². The number of carbonyl (C=O) groups is 1. The molecule has 0 amide bonds. The van der Waals surface area contributed by atoms with Gasteiger partial charge in [0, 0.05) is 0 Å². The van der Waals surface area contributed by atoms with E-state index in [1.54, 1.807) is 30.3 Å². The molecule has 0 heterocycles. The summed E-state index contributed by atoms with van der Waals surface area (Å²) in [5.41, 5.74) is -0.547. The van der Waals surface area contributed by atoms with E-state index in [4.69, 9.17) is 9.47 Å². The van der Waals surface area contributed by atoms with Gasteiger partial charge < -0.3 is 14.2 Å². The van der Waals surface area contributed by atoms with E-state index >= 15 is 0 Å². The molecule has 32 heavy (non-hydrogen) atoms. The van der Waals surface area contributed by atoms with E-state index in [1.807, 2.05) is 13.8 Å². The molecule has 1 aliphatic rings. The fourth-order valence-corrected chi connectivity index (χ4v) is 4.10. The third-order valence-corrected chi connectivity index (χ3v) is 5.92. The Morgan fingerprint density at radius 2 is 1.53 bits per heavy atom. The number of para-hydroxylation sites is 1. The summed E-state index contributed by atoms with van der Waals surface area (Å²) in [6.45, 7) is 4.03. The van der Waals surface area contributed by atoms with Crippen LogP contribution in [-0.2, 0) is 0 Å². The first kappa shape index (κ1) is 24.0. The lowest BCUT2D eigenvalue weighted by atomic mass is 9.79. The Kier molecular flexibility index (Phi) is 7.69. The van der Waals surface area contributed by atoms with Gasteiger partial charge in [-0.2, -0.15) is 0 Å². The fourth-order valence-electron chi connectivity index (χ4n) is 4.10. The summed E-state index contributed by atoms with van der Waals surface area (Å²) in [5.74, 6) is -0.834. The van der Waals surface area contributed by atoms with Crippen molar-refractivity contribution < 1.29 is 32.2 Å². The van der Waals surface area contributed by atoms with Crippen LogP contribution in [0.3, 0.4) is 0 Å². The lowest BCUT2D eigenvalue weighted by Crippen LogP contribution is -2.42. The maximum absolute atomic E-state index is 13.0. The number of carbonyl (C=O) groups excluding carboxylic acids is 1. The van der Waals surface area contributed by atoms with Gasteiger partial charge >= 0.3 is 12.3 Å². The molecule has 3 rings (SSSR count). The van der Waals surface area contributed by atoms with Crippen LogP contribution in [0.4, 0.5) is 13.2 Å². The Balaban J connectivity index is 1.94. The first-order chi connectivity index (χ1) is 15.2. The molecule has 0 N–H and O–H groups in total. The normalized spacial score (nSPS) is 16.7. The third-order valence-electron chi connectivity index (χ3n) is 5.92. The minimum atomic E-state index is -4.88. The second kappa shape index (κ2) is 10.3. The number of esters is 1. The topological polar surface area (TPSA) is 44.8 Å². The summed E-state index contributed by atoms with van der Waals surface area (Å²) in [5, 5.41) is 0. The Morgan fingerprint density at radius 1 is 0.906 bits per heavy atom. The highest BCUT2D eigenvalue weighted by Crippen LogP contribution is 2.42. The average Bonchev–Trinajstić information content (AvgIpc) is 2.70. The third kappa shape index (κ3) is 6.40. The maximum Gasteiger partial charge on any atom is 0.573 e. The molecule has 0 spiro atoms. The van der Waals surface area contributed by atoms with Crippen molar-refractivity contribution in [3.63, 3.8) is 0 Å². The monoisotopic (exact) mass is 450 g/mol. The van der Waals surface area contributed by atoms with Crippen LogP contribution in [0.5, 0.6) is 17.2 Å². The lowest BCUT2D eigenvalue weighted by Gasteiger charge is -2.40. The smallest absolute Gasteiger partial charge is 0.483 e. The summed E-state index contributed by atoms with van der Waals surface area (Å²) in [7, 11) is 0. The molecule has 0 radical (unpaired) electrons. The second-order valence-electron chi connectivity index (χ2n) is 8.50. The molecular formula is C25H29F3O4. The van der Waals surface area contributed by atoms with E-state index in [-0.39, 0.29) is 17.2 Å². The molecule has 1 aliphatic carbocycles. The van der Waals surface area contributed by atoms with Gasteiger partial charge in [-0.3, -0.25) is 0 Å². The minimum Gasteiger partial charge on any atom is -0.483 e. The van der Waals surface area contributed by atoms with Gasteiger partial charge in [0.25, 0.3) is 0 Å². The summed E-state index contributed by atoms with van der Waals surface area (Å²) in [6, 6.07) is 12.1. The minimum absolute atomic E-state index is 0.0688. The number of hydrogen-bond donors (Lipinski definition) is 0. The molecule has 2 aromatic carbocycles. The van der Waals surface area contributed by atoms with E-state index in [0.29, 0.717) is 5.75 Å². The molecule has 4 nitrogen and oxygen atoms in total. The highest BCUT2D eigenvalue weighted by Gasteiger charge is 2.38. The Labute approximate surface area is 186 Å². The van der Waals surface area contributed by atoms with E-state index in [0.717, 1.165) is 51.0 Å². The van der Waals surface area contributed by atoms with Crippen LogP contribution in [-0.4, -0.2) is 17.9 Å². The summed E-state index contributed by atoms with van der Waals surface area (Å²) < 4.78 is 55.0. The highest BCUT2D eigenvalue weighted by atomic mass is 19.4. The summed E-state index contributed by atoms with van der Waals surface area (Å²) in [6.07, 6.45) is 1.73. The van der Waals surface area contributed by atoms with Gasteiger partial charge in [-0.15, -0.1) is 13.2 Å². The van der Waals surface area contributed by atoms with Crippen LogP contribution in [0.2, 0.25) is 0 Å². The van der Waals surface area contributed by atoms with Crippen LogP contribution in [0.25, 0.3) is 0 Å². The maximum atomic E-state index is 13.0. The van der Waals surface area contributed by atoms with Gasteiger partial charge in [0.15, 0.2) is 11.5 Å². The van der Waals surface area contributed by atoms with Gasteiger partial charge in [-0.05, 0) is 61.9 Å². The largest absolute Gasteiger partial charge is 0.573 e. The number of benzene rings is 2. The van der Waals surface area contributed by atoms with Crippen LogP contribution in [0, 0.1) is 5.92 Å². The molecule has 174 valence electrons. The van der Waals surface area contributed by atoms with Crippen LogP contribution >= 0.6 is 0 Å². The Morgan fingerprint density at radius 3 is 2.12 bits per heavy atom. The first-order valence-electron chi connectivity index (χ1n) is 11.0. The van der Waals surface area contributed by atoms with Crippen LogP contribution < -0.4 is 14.2 Å². The molecule has 0 atom stereocenters. The van der Waals surface area contributed by atoms with E-state index < -0.39 is 23.7 Å². The average molecular weight is 450 g/mol. The summed E-state index contributed by atoms with van der Waals surface area (Å²) >= 11 is 0. The highest BCUT2D eigenvalue weighted by molar-refractivity contribution is 5.91. The Hall–Kier alpha value is -2.70. The van der Waals surface area contributed by atoms with Crippen molar-refractivity contribution in [2.24, 2.45) is 5.92 Å². The number of hydrogen-bond acceptors (Lipinski definition) is 4. The van der Waals surface area contributed by atoms with Crippen molar-refractivity contribution >= 4 is 5.97 Å². The fraction of sp³-hybridized carbons (Fsp3) is 0.480. The molecule has 0 unspecified atom stereocenters. The molecule has 7 heteroatoms. The molecule has 0 saturated heterocycles. The number of rotatable bonds is 6. The zero-order valence-corrected chi connectivity index (χ0v) is 18.4. The molecule has 0 aliphatic heterocycles. The first-order valence-corrected chi connectivity index (χ1v) is 11.0. The molecular weight excluding hydrogens is 421 g/mol. The Bertz CT molecular complexity index is 886. The van der Waals surface area contributed by atoms with Crippen molar-refractivity contribution in [3.05, 3.63) is 54.1 Å². The SMILES string of the molecule is CC(C)C1(Oc2cc(C(=O)Oc3ccccc3)ccc2OC(F)(F)F)CCCCCCC1. The van der Waals surface area contributed by atoms with Crippen LogP contribution in [0.15, 0.2) is 48.5 Å². The van der Waals surface area contributed by atoms with E-state index in [2.05, 4.69) is 4.74 Å². The number of ether oxygens (including phenoxy) is 3. The van der Waals surface area contributed by atoms with Gasteiger partial charge in [0.2, 0.25) is 0 Å². The molecule has 0 bridgehead atoms. The van der Waals surface area contributed by atoms with Gasteiger partial charge in [-0.1, -0.05) is 51.3 Å². The summed E-state index contributed by atoms with van der Waals surface area (Å²) in [4.78, 5) is 12.6. The van der Waals surface area contributed by atoms with E-state index in [9.17, 15) is 18.0 Å². The van der Waals surface area contributed by atoms with Gasteiger partial charge in [-0.25, -0.2) is 4.79 Å². The van der Waals surface area contributed by atoms with Crippen molar-refractivity contribution in [1.82, 2.24) is 0 Å². The quantitative estimate of drug-likeness (QED) is 0.342. The molecule has 0 aromatic heterocycles. The van der Waals surface area contributed by atoms with Crippen molar-refractivity contribution in [1.29, 1.82) is 0 Å². The van der Waals surface area contributed by atoms with Gasteiger partial charge in [0.05, 0.1) is 5.56 Å². The van der Waals surface area contributed by atoms with E-state index in [1.165, 1.54) is 12.1 Å². The van der Waals surface area contributed by atoms with Crippen molar-refractivity contribution in [2.45, 2.75) is 70.8 Å². The zero-order valence-electron chi connectivity index (χ0n) is 18.4.